The van der Waals surface area contributed by atoms with Crippen molar-refractivity contribution in [2.45, 2.75) is 13.8 Å². The number of rotatable bonds is 1. The van der Waals surface area contributed by atoms with E-state index in [1.807, 2.05) is 0 Å². The second-order valence-electron chi connectivity index (χ2n) is 2.75. The van der Waals surface area contributed by atoms with Gasteiger partial charge in [-0.3, -0.25) is 0 Å². The first kappa shape index (κ1) is 8.84. The van der Waals surface area contributed by atoms with E-state index in [0.717, 1.165) is 5.56 Å². The number of hydrogen-bond acceptors (Lipinski definition) is 2. The van der Waals surface area contributed by atoms with Crippen molar-refractivity contribution in [1.82, 2.24) is 0 Å². The van der Waals surface area contributed by atoms with Gasteiger partial charge in [0.05, 0.1) is 7.11 Å². The number of methoxy groups -OCH3 is 1. The van der Waals surface area contributed by atoms with E-state index in [9.17, 15) is 4.39 Å². The van der Waals surface area contributed by atoms with E-state index in [0.29, 0.717) is 11.3 Å². The molecule has 0 unspecified atom stereocenters. The number of ether oxygens (including phenoxy) is 1. The van der Waals surface area contributed by atoms with Crippen LogP contribution in [0.5, 0.6) is 5.75 Å². The smallest absolute Gasteiger partial charge is 0.165 e. The van der Waals surface area contributed by atoms with Crippen LogP contribution in [0.15, 0.2) is 6.07 Å². The predicted octanol–water partition coefficient (Wildman–Crippen LogP) is 2.03. The molecule has 1 rings (SSSR count). The molecule has 0 aromatic heterocycles. The third-order valence-corrected chi connectivity index (χ3v) is 1.93. The third-order valence-electron chi connectivity index (χ3n) is 1.93. The average molecular weight is 169 g/mol. The summed E-state index contributed by atoms with van der Waals surface area (Å²) in [5.41, 5.74) is 7.67. The molecule has 0 aliphatic rings. The SMILES string of the molecule is COc1c(F)cc(C)c(N)c1C. The molecule has 12 heavy (non-hydrogen) atoms. The Bertz CT molecular complexity index is 310. The molecule has 0 saturated carbocycles. The van der Waals surface area contributed by atoms with Crippen molar-refractivity contribution in [2.75, 3.05) is 12.8 Å². The molecule has 0 aliphatic carbocycles. The van der Waals surface area contributed by atoms with Crippen molar-refractivity contribution in [3.63, 3.8) is 0 Å². The summed E-state index contributed by atoms with van der Waals surface area (Å²) in [6.07, 6.45) is 0. The highest BCUT2D eigenvalue weighted by Crippen LogP contribution is 2.29. The van der Waals surface area contributed by atoms with Gasteiger partial charge in [-0.05, 0) is 25.5 Å². The zero-order chi connectivity index (χ0) is 9.30. The van der Waals surface area contributed by atoms with Crippen LogP contribution < -0.4 is 10.5 Å². The van der Waals surface area contributed by atoms with Crippen LogP contribution in [0.25, 0.3) is 0 Å². The van der Waals surface area contributed by atoms with Crippen molar-refractivity contribution in [2.24, 2.45) is 0 Å². The molecule has 1 aromatic carbocycles. The van der Waals surface area contributed by atoms with Gasteiger partial charge < -0.3 is 10.5 Å². The molecule has 2 nitrogen and oxygen atoms in total. The fraction of sp³-hybridized carbons (Fsp3) is 0.333. The number of aryl methyl sites for hydroxylation is 1. The molecule has 0 saturated heterocycles. The summed E-state index contributed by atoms with van der Waals surface area (Å²) < 4.78 is 18.0. The highest BCUT2D eigenvalue weighted by molar-refractivity contribution is 5.59. The molecule has 66 valence electrons. The number of halogens is 1. The Kier molecular flexibility index (Phi) is 2.22. The lowest BCUT2D eigenvalue weighted by atomic mass is 10.1. The van der Waals surface area contributed by atoms with Crippen molar-refractivity contribution in [1.29, 1.82) is 0 Å². The van der Waals surface area contributed by atoms with Crippen molar-refractivity contribution in [3.05, 3.63) is 23.0 Å². The Morgan fingerprint density at radius 1 is 1.42 bits per heavy atom. The van der Waals surface area contributed by atoms with Gasteiger partial charge >= 0.3 is 0 Å². The lowest BCUT2D eigenvalue weighted by Crippen LogP contribution is -1.99. The molecule has 0 fully saturated rings. The second-order valence-corrected chi connectivity index (χ2v) is 2.75. The van der Waals surface area contributed by atoms with E-state index in [1.165, 1.54) is 13.2 Å². The topological polar surface area (TPSA) is 35.2 Å². The van der Waals surface area contributed by atoms with Gasteiger partial charge in [0.15, 0.2) is 11.6 Å². The summed E-state index contributed by atoms with van der Waals surface area (Å²) in [5.74, 6) is -0.125. The Morgan fingerprint density at radius 2 is 2.00 bits per heavy atom. The Morgan fingerprint density at radius 3 is 2.50 bits per heavy atom. The summed E-state index contributed by atoms with van der Waals surface area (Å²) in [6.45, 7) is 3.51. The van der Waals surface area contributed by atoms with Crippen molar-refractivity contribution >= 4 is 5.69 Å². The maximum Gasteiger partial charge on any atom is 0.165 e. The fourth-order valence-corrected chi connectivity index (χ4v) is 1.18. The van der Waals surface area contributed by atoms with Crippen LogP contribution in [-0.2, 0) is 0 Å². The summed E-state index contributed by atoms with van der Waals surface area (Å²) in [7, 11) is 1.43. The predicted molar refractivity (Wildman–Crippen MR) is 46.8 cm³/mol. The zero-order valence-electron chi connectivity index (χ0n) is 7.44. The second kappa shape index (κ2) is 3.01. The molecule has 3 heteroatoms. The molecular formula is C9H12FNO. The van der Waals surface area contributed by atoms with Gasteiger partial charge in [-0.25, -0.2) is 4.39 Å². The van der Waals surface area contributed by atoms with Gasteiger partial charge in [0.25, 0.3) is 0 Å². The lowest BCUT2D eigenvalue weighted by Gasteiger charge is -2.10. The number of nitrogen functional groups attached to an aromatic ring is 1. The van der Waals surface area contributed by atoms with Crippen LogP contribution in [0.1, 0.15) is 11.1 Å². The Hall–Kier alpha value is -1.25. The number of benzene rings is 1. The van der Waals surface area contributed by atoms with Gasteiger partial charge in [0.1, 0.15) is 0 Å². The molecule has 0 amide bonds. The molecule has 0 aliphatic heterocycles. The normalized spacial score (nSPS) is 10.0. The molecule has 0 atom stereocenters. The first-order valence-electron chi connectivity index (χ1n) is 3.67. The first-order chi connectivity index (χ1) is 5.57. The van der Waals surface area contributed by atoms with E-state index in [1.54, 1.807) is 13.8 Å². The van der Waals surface area contributed by atoms with Crippen LogP contribution in [-0.4, -0.2) is 7.11 Å². The van der Waals surface area contributed by atoms with E-state index >= 15 is 0 Å². The highest BCUT2D eigenvalue weighted by atomic mass is 19.1. The summed E-state index contributed by atoms with van der Waals surface area (Å²) >= 11 is 0. The number of nitrogens with two attached hydrogens (primary N) is 1. The molecular weight excluding hydrogens is 157 g/mol. The first-order valence-corrected chi connectivity index (χ1v) is 3.67. The molecule has 0 spiro atoms. The van der Waals surface area contributed by atoms with Gasteiger partial charge in [0.2, 0.25) is 0 Å². The lowest BCUT2D eigenvalue weighted by molar-refractivity contribution is 0.383. The number of anilines is 1. The molecule has 0 bridgehead atoms. The summed E-state index contributed by atoms with van der Waals surface area (Å²) in [4.78, 5) is 0. The van der Waals surface area contributed by atoms with E-state index in [2.05, 4.69) is 0 Å². The Labute approximate surface area is 71.1 Å². The highest BCUT2D eigenvalue weighted by Gasteiger charge is 2.10. The minimum atomic E-state index is -0.360. The summed E-state index contributed by atoms with van der Waals surface area (Å²) in [5, 5.41) is 0. The molecule has 0 radical (unpaired) electrons. The van der Waals surface area contributed by atoms with Crippen LogP contribution in [0, 0.1) is 19.7 Å². The molecule has 0 heterocycles. The molecule has 1 aromatic rings. The van der Waals surface area contributed by atoms with Gasteiger partial charge in [0, 0.05) is 11.3 Å². The minimum absolute atomic E-state index is 0.234. The van der Waals surface area contributed by atoms with Gasteiger partial charge in [-0.1, -0.05) is 0 Å². The average Bonchev–Trinajstić information content (AvgIpc) is 2.01. The maximum atomic E-state index is 13.1. The van der Waals surface area contributed by atoms with E-state index in [-0.39, 0.29) is 11.6 Å². The molecule has 2 N–H and O–H groups in total. The van der Waals surface area contributed by atoms with Crippen LogP contribution >= 0.6 is 0 Å². The van der Waals surface area contributed by atoms with Gasteiger partial charge in [-0.15, -0.1) is 0 Å². The standard InChI is InChI=1S/C9H12FNO/c1-5-4-7(10)9(12-3)6(2)8(5)11/h4H,11H2,1-3H3. The van der Waals surface area contributed by atoms with Gasteiger partial charge in [-0.2, -0.15) is 0 Å². The largest absolute Gasteiger partial charge is 0.493 e. The van der Waals surface area contributed by atoms with E-state index in [4.69, 9.17) is 10.5 Å². The van der Waals surface area contributed by atoms with Crippen molar-refractivity contribution in [3.8, 4) is 5.75 Å². The fourth-order valence-electron chi connectivity index (χ4n) is 1.18. The monoisotopic (exact) mass is 169 g/mol. The number of hydrogen-bond donors (Lipinski definition) is 1. The van der Waals surface area contributed by atoms with E-state index < -0.39 is 0 Å². The maximum absolute atomic E-state index is 13.1. The summed E-state index contributed by atoms with van der Waals surface area (Å²) in [6, 6.07) is 1.38. The van der Waals surface area contributed by atoms with Crippen LogP contribution in [0.3, 0.4) is 0 Å². The minimum Gasteiger partial charge on any atom is -0.493 e. The quantitative estimate of drug-likeness (QED) is 0.653. The Balaban J connectivity index is 3.40. The zero-order valence-corrected chi connectivity index (χ0v) is 7.44. The van der Waals surface area contributed by atoms with Crippen LogP contribution in [0.2, 0.25) is 0 Å². The van der Waals surface area contributed by atoms with Crippen LogP contribution in [0.4, 0.5) is 10.1 Å². The van der Waals surface area contributed by atoms with Crippen molar-refractivity contribution < 1.29 is 9.13 Å². The third kappa shape index (κ3) is 1.22.